The van der Waals surface area contributed by atoms with Crippen molar-refractivity contribution in [2.24, 2.45) is 17.8 Å². The van der Waals surface area contributed by atoms with Crippen molar-refractivity contribution in [1.29, 1.82) is 0 Å². The van der Waals surface area contributed by atoms with Crippen molar-refractivity contribution in [3.05, 3.63) is 108 Å². The topological polar surface area (TPSA) is 64.1 Å². The summed E-state index contributed by atoms with van der Waals surface area (Å²) in [5, 5.41) is 8.24. The number of pyridine rings is 2. The first-order valence-electron chi connectivity index (χ1n) is 15.9. The molecule has 2 aliphatic carbocycles. The number of halogens is 1. The Bertz CT molecular complexity index is 1880. The molecule has 2 aliphatic rings. The summed E-state index contributed by atoms with van der Waals surface area (Å²) in [6, 6.07) is 27.6. The molecule has 5 nitrogen and oxygen atoms in total. The number of carbonyl (C=O) groups is 1. The standard InChI is InChI=1S/C38H37AsClN3O2Si/c1-23-15-16-41-21-31(23)30-17-24-18-33(42-22-32(24)35(39)36(30)40)43-37(44)34-28-19-25(20-29(28)34)45-46(38(2,3)4,26-11-7-5-8-12-26)27-13-9-6-10-14-27/h5-18,21-22,25,28-29,34H,19-20H2,1-4H3,(H,42,43,44). The summed E-state index contributed by atoms with van der Waals surface area (Å²) in [4.78, 5) is 22.5. The Morgan fingerprint density at radius 1 is 0.935 bits per heavy atom. The first-order chi connectivity index (χ1) is 22.1. The molecule has 7 rings (SSSR count). The van der Waals surface area contributed by atoms with Crippen LogP contribution >= 0.6 is 11.6 Å². The van der Waals surface area contributed by atoms with E-state index < -0.39 is 8.32 Å². The maximum atomic E-state index is 13.6. The number of amides is 1. The van der Waals surface area contributed by atoms with E-state index in [2.05, 4.69) is 127 Å². The van der Waals surface area contributed by atoms with Crippen molar-refractivity contribution in [2.45, 2.75) is 51.7 Å². The molecule has 232 valence electrons. The van der Waals surface area contributed by atoms with Gasteiger partial charge in [-0.25, -0.2) is 0 Å². The van der Waals surface area contributed by atoms with Crippen LogP contribution in [0, 0.1) is 24.7 Å². The van der Waals surface area contributed by atoms with E-state index in [1.165, 1.54) is 10.4 Å². The van der Waals surface area contributed by atoms with Gasteiger partial charge < -0.3 is 0 Å². The first kappa shape index (κ1) is 31.3. The van der Waals surface area contributed by atoms with Gasteiger partial charge in [-0.2, -0.15) is 0 Å². The van der Waals surface area contributed by atoms with Crippen LogP contribution in [0.2, 0.25) is 10.1 Å². The second kappa shape index (κ2) is 12.1. The number of hydrogen-bond acceptors (Lipinski definition) is 4. The van der Waals surface area contributed by atoms with E-state index in [1.807, 2.05) is 18.3 Å². The quantitative estimate of drug-likeness (QED) is 0.194. The van der Waals surface area contributed by atoms with Crippen molar-refractivity contribution in [1.82, 2.24) is 9.97 Å². The van der Waals surface area contributed by atoms with Gasteiger partial charge in [-0.3, -0.25) is 0 Å². The van der Waals surface area contributed by atoms with Gasteiger partial charge in [0, 0.05) is 0 Å². The molecule has 1 amide bonds. The molecule has 3 aromatic carbocycles. The number of nitrogens with zero attached hydrogens (tertiary/aromatic N) is 2. The molecule has 8 heteroatoms. The normalized spacial score (nSPS) is 20.8. The molecule has 2 saturated carbocycles. The van der Waals surface area contributed by atoms with Gasteiger partial charge in [0.25, 0.3) is 8.32 Å². The molecule has 2 atom stereocenters. The molecule has 46 heavy (non-hydrogen) atoms. The maximum absolute atomic E-state index is 13.6. The number of hydrogen-bond donors (Lipinski definition) is 1. The van der Waals surface area contributed by atoms with Crippen LogP contribution in [0.1, 0.15) is 39.2 Å². The Balaban J connectivity index is 1.09. The Labute approximate surface area is 285 Å². The summed E-state index contributed by atoms with van der Waals surface area (Å²) in [6.07, 6.45) is 7.36. The molecule has 0 saturated heterocycles. The SMILES string of the molecule is Cc1ccncc1-c1cc2cc(NC(=O)C3C4CC(O[Si](c5ccccc5)(c5ccccc5)C(C)(C)C)CC43)ncc2c([As])c1Cl. The van der Waals surface area contributed by atoms with Crippen molar-refractivity contribution in [2.75, 3.05) is 5.32 Å². The second-order valence-corrected chi connectivity index (χ2v) is 19.4. The van der Waals surface area contributed by atoms with E-state index in [-0.39, 0.29) is 23.0 Å². The number of fused-ring (bicyclic) bond motifs is 2. The van der Waals surface area contributed by atoms with Crippen LogP contribution in [0.25, 0.3) is 21.9 Å². The average Bonchev–Trinajstić information content (AvgIpc) is 3.56. The van der Waals surface area contributed by atoms with Crippen LogP contribution in [-0.2, 0) is 9.22 Å². The van der Waals surface area contributed by atoms with Gasteiger partial charge in [0.05, 0.1) is 0 Å². The average molecular weight is 706 g/mol. The predicted octanol–water partition coefficient (Wildman–Crippen LogP) is 6.59. The van der Waals surface area contributed by atoms with Crippen LogP contribution in [0.3, 0.4) is 0 Å². The molecule has 0 spiro atoms. The number of aromatic nitrogens is 2. The number of nitrogens with one attached hydrogen (secondary N) is 1. The molecular formula is C38H37AsClN3O2Si. The fourth-order valence-electron chi connectivity index (χ4n) is 7.69. The van der Waals surface area contributed by atoms with Gasteiger partial charge in [0.1, 0.15) is 0 Å². The summed E-state index contributed by atoms with van der Waals surface area (Å²) in [7, 11) is -2.63. The predicted molar refractivity (Wildman–Crippen MR) is 191 cm³/mol. The van der Waals surface area contributed by atoms with Gasteiger partial charge in [0.2, 0.25) is 0 Å². The summed E-state index contributed by atoms with van der Waals surface area (Å²) >= 11 is 9.37. The minimum absolute atomic E-state index is 0.00581. The van der Waals surface area contributed by atoms with Crippen LogP contribution in [0.5, 0.6) is 0 Å². The fourth-order valence-corrected chi connectivity index (χ4v) is 13.3. The van der Waals surface area contributed by atoms with Gasteiger partial charge in [-0.15, -0.1) is 0 Å². The summed E-state index contributed by atoms with van der Waals surface area (Å²) in [5.74, 6) is 1.28. The van der Waals surface area contributed by atoms with Crippen LogP contribution in [-0.4, -0.2) is 47.1 Å². The van der Waals surface area contributed by atoms with Crippen LogP contribution in [0.4, 0.5) is 5.82 Å². The number of aryl methyl sites for hydroxylation is 1. The van der Waals surface area contributed by atoms with Crippen molar-refractivity contribution in [3.8, 4) is 11.1 Å². The van der Waals surface area contributed by atoms with E-state index in [0.717, 1.165) is 44.7 Å². The van der Waals surface area contributed by atoms with E-state index in [0.29, 0.717) is 22.7 Å². The summed E-state index contributed by atoms with van der Waals surface area (Å²) < 4.78 is 8.29. The number of benzene rings is 3. The molecule has 5 aromatic rings. The third-order valence-electron chi connectivity index (χ3n) is 9.98. The molecule has 2 unspecified atom stereocenters. The summed E-state index contributed by atoms with van der Waals surface area (Å²) in [5.41, 5.74) is 3.01. The summed E-state index contributed by atoms with van der Waals surface area (Å²) in [6.45, 7) is 9.00. The number of anilines is 1. The molecule has 2 radical (unpaired) electrons. The monoisotopic (exact) mass is 705 g/mol. The molecule has 2 aromatic heterocycles. The zero-order chi connectivity index (χ0) is 32.2. The zero-order valence-corrected chi connectivity index (χ0v) is 30.1. The van der Waals surface area contributed by atoms with E-state index in [9.17, 15) is 4.79 Å². The third-order valence-corrected chi connectivity index (χ3v) is 16.7. The molecule has 2 fully saturated rings. The fraction of sp³-hybridized carbons (Fsp3) is 0.289. The van der Waals surface area contributed by atoms with E-state index in [1.54, 1.807) is 12.4 Å². The van der Waals surface area contributed by atoms with Crippen LogP contribution in [0.15, 0.2) is 97.5 Å². The van der Waals surface area contributed by atoms with Crippen molar-refractivity contribution >= 4 is 74.0 Å². The van der Waals surface area contributed by atoms with Gasteiger partial charge >= 0.3 is 182 Å². The van der Waals surface area contributed by atoms with Gasteiger partial charge in [-0.05, 0) is 15.4 Å². The van der Waals surface area contributed by atoms with E-state index in [4.69, 9.17) is 16.0 Å². The molecule has 1 N–H and O–H groups in total. The third kappa shape index (κ3) is 5.43. The first-order valence-corrected chi connectivity index (χ1v) is 19.1. The molecule has 0 aliphatic heterocycles. The van der Waals surface area contributed by atoms with Crippen molar-refractivity contribution in [3.63, 3.8) is 0 Å². The number of carbonyl (C=O) groups excluding carboxylic acids is 1. The minimum atomic E-state index is -2.63. The Hall–Kier alpha value is -3.28. The van der Waals surface area contributed by atoms with Gasteiger partial charge in [0.15, 0.2) is 0 Å². The number of rotatable bonds is 7. The zero-order valence-electron chi connectivity index (χ0n) is 26.5. The molecular weight excluding hydrogens is 669 g/mol. The Kier molecular flexibility index (Phi) is 8.21. The Morgan fingerprint density at radius 3 is 2.15 bits per heavy atom. The van der Waals surface area contributed by atoms with Gasteiger partial charge in [-0.1, -0.05) is 81.4 Å². The second-order valence-electron chi connectivity index (χ2n) is 13.8. The molecule has 0 bridgehead atoms. The van der Waals surface area contributed by atoms with Crippen molar-refractivity contribution < 1.29 is 9.22 Å². The Morgan fingerprint density at radius 2 is 1.57 bits per heavy atom. The molecule has 2 heterocycles. The van der Waals surface area contributed by atoms with Crippen LogP contribution < -0.4 is 20.0 Å². The van der Waals surface area contributed by atoms with E-state index >= 15 is 0 Å².